The molecule has 1 aliphatic carbocycles. The summed E-state index contributed by atoms with van der Waals surface area (Å²) in [6.07, 6.45) is 3.18. The molecule has 0 saturated heterocycles. The number of benzene rings is 2. The number of rotatable bonds is 6. The highest BCUT2D eigenvalue weighted by Crippen LogP contribution is 2.25. The summed E-state index contributed by atoms with van der Waals surface area (Å²) in [6, 6.07) is 10.0. The summed E-state index contributed by atoms with van der Waals surface area (Å²) in [5.74, 6) is -1.20. The molecule has 7 nitrogen and oxygen atoms in total. The maximum atomic E-state index is 12.4. The van der Waals surface area contributed by atoms with Crippen molar-refractivity contribution >= 4 is 27.6 Å². The predicted octanol–water partition coefficient (Wildman–Crippen LogP) is 2.53. The fourth-order valence-electron chi connectivity index (χ4n) is 3.25. The van der Waals surface area contributed by atoms with Crippen LogP contribution in [0.5, 0.6) is 0 Å². The summed E-state index contributed by atoms with van der Waals surface area (Å²) in [7, 11) is -0.854. The van der Waals surface area contributed by atoms with Gasteiger partial charge in [0.2, 0.25) is 10.0 Å². The van der Waals surface area contributed by atoms with Crippen LogP contribution >= 0.6 is 0 Å². The maximum absolute atomic E-state index is 12.4. The van der Waals surface area contributed by atoms with Gasteiger partial charge in [0.05, 0.1) is 10.5 Å². The number of carbonyl (C=O) groups excluding carboxylic acids is 2. The number of aryl methyl sites for hydroxylation is 3. The topological polar surface area (TPSA) is 92.8 Å². The molecular formula is C21H24N2O5S. The Balaban J connectivity index is 1.65. The Bertz CT molecular complexity index is 1060. The molecule has 0 aliphatic heterocycles. The van der Waals surface area contributed by atoms with Crippen molar-refractivity contribution < 1.29 is 22.7 Å². The molecule has 29 heavy (non-hydrogen) atoms. The number of nitrogens with zero attached hydrogens (tertiary/aromatic N) is 1. The van der Waals surface area contributed by atoms with Gasteiger partial charge in [-0.25, -0.2) is 17.5 Å². The van der Waals surface area contributed by atoms with Gasteiger partial charge in [0.25, 0.3) is 5.91 Å². The Kier molecular flexibility index (Phi) is 6.04. The second-order valence-corrected chi connectivity index (χ2v) is 9.38. The van der Waals surface area contributed by atoms with Gasteiger partial charge in [-0.15, -0.1) is 0 Å². The lowest BCUT2D eigenvalue weighted by atomic mass is 10.1. The number of amides is 1. The summed E-state index contributed by atoms with van der Waals surface area (Å²) in [6.45, 7) is 1.22. The monoisotopic (exact) mass is 416 g/mol. The minimum absolute atomic E-state index is 0.0114. The first-order valence-electron chi connectivity index (χ1n) is 9.30. The molecule has 3 rings (SSSR count). The largest absolute Gasteiger partial charge is 0.452 e. The summed E-state index contributed by atoms with van der Waals surface area (Å²) in [5, 5.41) is 2.72. The van der Waals surface area contributed by atoms with Crippen LogP contribution in [0.1, 0.15) is 33.5 Å². The molecule has 2 aromatic carbocycles. The summed E-state index contributed by atoms with van der Waals surface area (Å²) in [4.78, 5) is 24.6. The average molecular weight is 416 g/mol. The zero-order valence-electron chi connectivity index (χ0n) is 16.7. The molecule has 0 atom stereocenters. The van der Waals surface area contributed by atoms with Crippen LogP contribution in [0.15, 0.2) is 41.3 Å². The van der Waals surface area contributed by atoms with E-state index in [0.717, 1.165) is 23.6 Å². The van der Waals surface area contributed by atoms with Gasteiger partial charge in [-0.2, -0.15) is 0 Å². The fraction of sp³-hybridized carbons (Fsp3) is 0.333. The van der Waals surface area contributed by atoms with Crippen molar-refractivity contribution in [1.82, 2.24) is 4.31 Å². The van der Waals surface area contributed by atoms with E-state index < -0.39 is 28.5 Å². The average Bonchev–Trinajstić information content (AvgIpc) is 3.14. The number of hydrogen-bond acceptors (Lipinski definition) is 5. The Morgan fingerprint density at radius 2 is 1.79 bits per heavy atom. The van der Waals surface area contributed by atoms with E-state index in [1.807, 2.05) is 18.2 Å². The van der Waals surface area contributed by atoms with Gasteiger partial charge < -0.3 is 10.1 Å². The zero-order valence-corrected chi connectivity index (χ0v) is 17.5. The van der Waals surface area contributed by atoms with E-state index in [1.54, 1.807) is 6.92 Å². The Morgan fingerprint density at radius 3 is 2.52 bits per heavy atom. The van der Waals surface area contributed by atoms with E-state index in [-0.39, 0.29) is 10.5 Å². The van der Waals surface area contributed by atoms with Crippen LogP contribution in [0.4, 0.5) is 5.69 Å². The third-order valence-electron chi connectivity index (χ3n) is 4.92. The second kappa shape index (κ2) is 8.34. The molecule has 0 saturated carbocycles. The third-order valence-corrected chi connectivity index (χ3v) is 6.74. The molecule has 0 bridgehead atoms. The normalized spacial score (nSPS) is 13.2. The Morgan fingerprint density at radius 1 is 1.07 bits per heavy atom. The third kappa shape index (κ3) is 4.65. The highest BCUT2D eigenvalue weighted by atomic mass is 32.2. The van der Waals surface area contributed by atoms with Gasteiger partial charge in [0.1, 0.15) is 0 Å². The number of nitrogens with one attached hydrogen (secondary N) is 1. The molecule has 0 unspecified atom stereocenters. The number of carbonyl (C=O) groups is 2. The first kappa shape index (κ1) is 21.0. The molecule has 0 spiro atoms. The molecule has 8 heteroatoms. The molecule has 1 aliphatic rings. The van der Waals surface area contributed by atoms with Crippen molar-refractivity contribution in [3.05, 3.63) is 58.7 Å². The standard InChI is InChI=1S/C21H24N2O5S/c1-14-7-10-18(29(26,27)23(2)3)12-19(14)21(25)28-13-20(24)22-17-9-8-15-5-4-6-16(15)11-17/h7-12H,4-6,13H2,1-3H3,(H,22,24). The van der Waals surface area contributed by atoms with Crippen molar-refractivity contribution in [3.8, 4) is 0 Å². The number of esters is 1. The first-order chi connectivity index (χ1) is 13.7. The van der Waals surface area contributed by atoms with Crippen molar-refractivity contribution in [2.75, 3.05) is 26.0 Å². The van der Waals surface area contributed by atoms with Crippen LogP contribution < -0.4 is 5.32 Å². The molecule has 2 aromatic rings. The van der Waals surface area contributed by atoms with E-state index in [4.69, 9.17) is 4.74 Å². The van der Waals surface area contributed by atoms with E-state index >= 15 is 0 Å². The van der Waals surface area contributed by atoms with E-state index in [0.29, 0.717) is 11.3 Å². The first-order valence-corrected chi connectivity index (χ1v) is 10.7. The van der Waals surface area contributed by atoms with E-state index in [1.165, 1.54) is 43.4 Å². The lowest BCUT2D eigenvalue weighted by Crippen LogP contribution is -2.23. The van der Waals surface area contributed by atoms with Crippen LogP contribution in [0, 0.1) is 6.92 Å². The highest BCUT2D eigenvalue weighted by Gasteiger charge is 2.21. The lowest BCUT2D eigenvalue weighted by Gasteiger charge is -2.13. The SMILES string of the molecule is Cc1ccc(S(=O)(=O)N(C)C)cc1C(=O)OCC(=O)Nc1ccc2c(c1)CCC2. The minimum atomic E-state index is -3.68. The Labute approximate surface area is 170 Å². The van der Waals surface area contributed by atoms with Gasteiger partial charge in [-0.1, -0.05) is 12.1 Å². The number of fused-ring (bicyclic) bond motifs is 1. The van der Waals surface area contributed by atoms with Crippen LogP contribution in [-0.4, -0.2) is 45.3 Å². The number of anilines is 1. The molecule has 0 aromatic heterocycles. The van der Waals surface area contributed by atoms with Crippen LogP contribution in [0.3, 0.4) is 0 Å². The lowest BCUT2D eigenvalue weighted by molar-refractivity contribution is -0.119. The number of hydrogen-bond donors (Lipinski definition) is 1. The Hall–Kier alpha value is -2.71. The summed E-state index contributed by atoms with van der Waals surface area (Å²) >= 11 is 0. The predicted molar refractivity (Wildman–Crippen MR) is 109 cm³/mol. The van der Waals surface area contributed by atoms with Gasteiger partial charge in [-0.3, -0.25) is 4.79 Å². The molecule has 0 fully saturated rings. The molecule has 1 amide bonds. The van der Waals surface area contributed by atoms with Crippen molar-refractivity contribution in [1.29, 1.82) is 0 Å². The van der Waals surface area contributed by atoms with Crippen molar-refractivity contribution in [2.24, 2.45) is 0 Å². The number of sulfonamides is 1. The summed E-state index contributed by atoms with van der Waals surface area (Å²) in [5.41, 5.74) is 3.87. The minimum Gasteiger partial charge on any atom is -0.452 e. The smallest absolute Gasteiger partial charge is 0.338 e. The molecule has 0 radical (unpaired) electrons. The van der Waals surface area contributed by atoms with Crippen LogP contribution in [-0.2, 0) is 32.4 Å². The van der Waals surface area contributed by atoms with Crippen molar-refractivity contribution in [3.63, 3.8) is 0 Å². The van der Waals surface area contributed by atoms with Gasteiger partial charge in [0, 0.05) is 19.8 Å². The fourth-order valence-corrected chi connectivity index (χ4v) is 4.18. The maximum Gasteiger partial charge on any atom is 0.338 e. The molecule has 154 valence electrons. The van der Waals surface area contributed by atoms with Crippen LogP contribution in [0.25, 0.3) is 0 Å². The van der Waals surface area contributed by atoms with Crippen LogP contribution in [0.2, 0.25) is 0 Å². The second-order valence-electron chi connectivity index (χ2n) is 7.23. The summed E-state index contributed by atoms with van der Waals surface area (Å²) < 4.78 is 30.7. The van der Waals surface area contributed by atoms with E-state index in [2.05, 4.69) is 5.32 Å². The van der Waals surface area contributed by atoms with Gasteiger partial charge in [0.15, 0.2) is 6.61 Å². The van der Waals surface area contributed by atoms with Gasteiger partial charge >= 0.3 is 5.97 Å². The molecule has 1 N–H and O–H groups in total. The quantitative estimate of drug-likeness (QED) is 0.731. The van der Waals surface area contributed by atoms with Crippen molar-refractivity contribution in [2.45, 2.75) is 31.1 Å². The van der Waals surface area contributed by atoms with E-state index in [9.17, 15) is 18.0 Å². The molecule has 0 heterocycles. The number of ether oxygens (including phenoxy) is 1. The van der Waals surface area contributed by atoms with Gasteiger partial charge in [-0.05, 0) is 67.1 Å². The highest BCUT2D eigenvalue weighted by molar-refractivity contribution is 7.89. The molecular weight excluding hydrogens is 392 g/mol. The zero-order chi connectivity index (χ0) is 21.2.